The van der Waals surface area contributed by atoms with Crippen LogP contribution in [0.3, 0.4) is 0 Å². The number of hydrogen-bond donors (Lipinski definition) is 4. The number of hydrogen-bond acceptors (Lipinski definition) is 13. The third kappa shape index (κ3) is 13.6. The van der Waals surface area contributed by atoms with Crippen LogP contribution in [0.4, 0.5) is 0 Å². The Bertz CT molecular complexity index is 1700. The Morgan fingerprint density at radius 2 is 1.37 bits per heavy atom. The largest absolute Gasteiger partial charge is 0.349 e. The normalized spacial score (nSPS) is 17.2. The number of nitrogens with one attached hydrogen (secondary N) is 4. The average molecular weight is 741 g/mol. The molecule has 17 heteroatoms. The summed E-state index contributed by atoms with van der Waals surface area (Å²) < 4.78 is 0. The van der Waals surface area contributed by atoms with Crippen LogP contribution < -0.4 is 21.3 Å². The monoisotopic (exact) mass is 740 g/mol. The standard InChI is InChI=1S/C34H44N8O7S2/c1-19-4-6-22(38-19)10-29(46)35-14-25(43)12-30(47)37-16-34-41-24(17-50-34)8-9-33-42-26(18-51-33)28(45)15-36-31(48)13-27(44)21(3)40-32(49)11-23-7-5-20(2)39-23/h17-21H,4-16H2,1-3H3,(H,35,46)(H,36,48)(H,37,47)(H,40,49)/t19-,20?,21?/m0/s1. The summed E-state index contributed by atoms with van der Waals surface area (Å²) in [7, 11) is 0. The van der Waals surface area contributed by atoms with Gasteiger partial charge in [-0.05, 0) is 52.9 Å². The summed E-state index contributed by atoms with van der Waals surface area (Å²) in [6.07, 6.45) is 3.94. The van der Waals surface area contributed by atoms with E-state index in [4.69, 9.17) is 0 Å². The molecule has 2 aromatic heterocycles. The fourth-order valence-electron chi connectivity index (χ4n) is 5.36. The number of thiazole rings is 2. The first-order valence-electron chi connectivity index (χ1n) is 17.0. The van der Waals surface area contributed by atoms with E-state index in [-0.39, 0.29) is 68.5 Å². The number of aliphatic imine (C=N–C) groups is 2. The van der Waals surface area contributed by atoms with Crippen molar-refractivity contribution in [3.63, 3.8) is 0 Å². The van der Waals surface area contributed by atoms with Crippen LogP contribution in [0, 0.1) is 0 Å². The number of amides is 4. The molecule has 4 heterocycles. The van der Waals surface area contributed by atoms with E-state index in [0.29, 0.717) is 22.9 Å². The number of rotatable bonds is 20. The van der Waals surface area contributed by atoms with E-state index < -0.39 is 41.6 Å². The Labute approximate surface area is 304 Å². The van der Waals surface area contributed by atoms with Crippen molar-refractivity contribution in [3.05, 3.63) is 32.2 Å². The van der Waals surface area contributed by atoms with Crippen molar-refractivity contribution in [1.29, 1.82) is 0 Å². The molecule has 4 rings (SSSR count). The van der Waals surface area contributed by atoms with Crippen LogP contribution in [-0.4, -0.2) is 93.6 Å². The fraction of sp³-hybridized carbons (Fsp3) is 0.559. The summed E-state index contributed by atoms with van der Waals surface area (Å²) in [6, 6.07) is -0.420. The predicted molar refractivity (Wildman–Crippen MR) is 192 cm³/mol. The molecule has 4 N–H and O–H groups in total. The maximum atomic E-state index is 12.6. The van der Waals surface area contributed by atoms with Gasteiger partial charge in [0.05, 0.1) is 62.1 Å². The van der Waals surface area contributed by atoms with Gasteiger partial charge in [0.1, 0.15) is 10.7 Å². The molecule has 2 aliphatic heterocycles. The third-order valence-corrected chi connectivity index (χ3v) is 9.99. The topological polar surface area (TPSA) is 218 Å². The number of aryl methyl sites for hydroxylation is 2. The molecule has 0 saturated heterocycles. The molecule has 2 aliphatic rings. The highest BCUT2D eigenvalue weighted by molar-refractivity contribution is 7.10. The van der Waals surface area contributed by atoms with Crippen LogP contribution >= 0.6 is 22.7 Å². The smallest absolute Gasteiger partial charge is 0.227 e. The van der Waals surface area contributed by atoms with Gasteiger partial charge in [0, 0.05) is 40.7 Å². The second kappa shape index (κ2) is 19.2. The number of carbonyl (C=O) groups is 7. The minimum Gasteiger partial charge on any atom is -0.349 e. The van der Waals surface area contributed by atoms with E-state index >= 15 is 0 Å². The Kier molecular flexibility index (Phi) is 14.8. The van der Waals surface area contributed by atoms with Crippen molar-refractivity contribution in [1.82, 2.24) is 31.2 Å². The Morgan fingerprint density at radius 3 is 2.04 bits per heavy atom. The Morgan fingerprint density at radius 1 is 0.745 bits per heavy atom. The van der Waals surface area contributed by atoms with Gasteiger partial charge in [-0.2, -0.15) is 0 Å². The Hall–Kier alpha value is -4.51. The van der Waals surface area contributed by atoms with Gasteiger partial charge in [-0.15, -0.1) is 22.7 Å². The molecule has 0 spiro atoms. The summed E-state index contributed by atoms with van der Waals surface area (Å²) in [5.74, 6) is -2.93. The van der Waals surface area contributed by atoms with Gasteiger partial charge < -0.3 is 21.3 Å². The maximum absolute atomic E-state index is 12.6. The van der Waals surface area contributed by atoms with Crippen molar-refractivity contribution in [2.24, 2.45) is 9.98 Å². The van der Waals surface area contributed by atoms with E-state index in [9.17, 15) is 33.6 Å². The first kappa shape index (κ1) is 39.3. The Balaban J connectivity index is 1.09. The van der Waals surface area contributed by atoms with Crippen LogP contribution in [0.15, 0.2) is 20.7 Å². The van der Waals surface area contributed by atoms with Gasteiger partial charge in [-0.1, -0.05) is 0 Å². The minimum absolute atomic E-state index is 0.134. The van der Waals surface area contributed by atoms with E-state index in [1.54, 1.807) is 5.38 Å². The number of aromatic nitrogens is 2. The third-order valence-electron chi connectivity index (χ3n) is 8.19. The predicted octanol–water partition coefficient (Wildman–Crippen LogP) is 1.87. The van der Waals surface area contributed by atoms with E-state index in [1.165, 1.54) is 29.6 Å². The number of nitrogens with zero attached hydrogens (tertiary/aromatic N) is 4. The van der Waals surface area contributed by atoms with Crippen LogP contribution in [0.25, 0.3) is 0 Å². The highest BCUT2D eigenvalue weighted by atomic mass is 32.1. The maximum Gasteiger partial charge on any atom is 0.227 e. The molecule has 2 aromatic rings. The molecule has 4 amide bonds. The summed E-state index contributed by atoms with van der Waals surface area (Å²) in [5, 5.41) is 15.1. The first-order chi connectivity index (χ1) is 24.3. The molecule has 0 aromatic carbocycles. The highest BCUT2D eigenvalue weighted by Gasteiger charge is 2.22. The van der Waals surface area contributed by atoms with Crippen molar-refractivity contribution in [2.75, 3.05) is 13.1 Å². The quantitative estimate of drug-likeness (QED) is 0.115. The lowest BCUT2D eigenvalue weighted by atomic mass is 10.1. The zero-order chi connectivity index (χ0) is 36.9. The molecule has 0 aliphatic carbocycles. The summed E-state index contributed by atoms with van der Waals surface area (Å²) in [4.78, 5) is 104. The molecule has 0 fully saturated rings. The van der Waals surface area contributed by atoms with Gasteiger partial charge >= 0.3 is 0 Å². The van der Waals surface area contributed by atoms with Gasteiger partial charge in [0.15, 0.2) is 11.6 Å². The molecular formula is C34H44N8O7S2. The zero-order valence-electron chi connectivity index (χ0n) is 29.0. The van der Waals surface area contributed by atoms with Gasteiger partial charge in [0.2, 0.25) is 29.4 Å². The van der Waals surface area contributed by atoms with Crippen molar-refractivity contribution in [3.8, 4) is 0 Å². The highest BCUT2D eigenvalue weighted by Crippen LogP contribution is 2.17. The lowest BCUT2D eigenvalue weighted by Gasteiger charge is -2.13. The van der Waals surface area contributed by atoms with E-state index in [1.807, 2.05) is 19.2 Å². The lowest BCUT2D eigenvalue weighted by molar-refractivity contribution is -0.131. The molecule has 51 heavy (non-hydrogen) atoms. The van der Waals surface area contributed by atoms with Gasteiger partial charge in [-0.3, -0.25) is 43.5 Å². The molecule has 0 saturated carbocycles. The van der Waals surface area contributed by atoms with Gasteiger partial charge in [0.25, 0.3) is 0 Å². The van der Waals surface area contributed by atoms with Crippen molar-refractivity contribution >= 4 is 75.1 Å². The second-order valence-electron chi connectivity index (χ2n) is 12.8. The molecular weight excluding hydrogens is 697 g/mol. The van der Waals surface area contributed by atoms with Crippen LogP contribution in [0.1, 0.15) is 98.3 Å². The molecule has 15 nitrogen and oxygen atoms in total. The van der Waals surface area contributed by atoms with Crippen LogP contribution in [0.2, 0.25) is 0 Å². The van der Waals surface area contributed by atoms with Gasteiger partial charge in [-0.25, -0.2) is 9.97 Å². The molecule has 0 bridgehead atoms. The molecule has 2 unspecified atom stereocenters. The average Bonchev–Trinajstić information content (AvgIpc) is 3.90. The van der Waals surface area contributed by atoms with Crippen LogP contribution in [-0.2, 0) is 48.2 Å². The number of carbonyl (C=O) groups excluding carboxylic acids is 7. The van der Waals surface area contributed by atoms with E-state index in [2.05, 4.69) is 41.2 Å². The van der Waals surface area contributed by atoms with E-state index in [0.717, 1.165) is 42.8 Å². The summed E-state index contributed by atoms with van der Waals surface area (Å²) in [5.41, 5.74) is 2.64. The van der Waals surface area contributed by atoms with Crippen LogP contribution in [0.5, 0.6) is 0 Å². The first-order valence-corrected chi connectivity index (χ1v) is 18.7. The number of ketones is 3. The minimum atomic E-state index is -0.846. The summed E-state index contributed by atoms with van der Waals surface area (Å²) in [6.45, 7) is 5.13. The lowest BCUT2D eigenvalue weighted by Crippen LogP contribution is -2.41. The zero-order valence-corrected chi connectivity index (χ0v) is 30.7. The van der Waals surface area contributed by atoms with Crippen molar-refractivity contribution < 1.29 is 33.6 Å². The number of Topliss-reactive ketones (excluding diaryl/α,β-unsaturated/α-hetero) is 3. The van der Waals surface area contributed by atoms with Crippen molar-refractivity contribution in [2.45, 2.75) is 110 Å². The molecule has 274 valence electrons. The summed E-state index contributed by atoms with van der Waals surface area (Å²) >= 11 is 2.68. The molecule has 0 radical (unpaired) electrons. The SMILES string of the molecule is CC1CCC(CC(=O)NC(C)C(=O)CC(=O)NCC(=O)c2csc(CCc3csc(CNC(=O)CC(=O)CNC(=O)CC4=N[C@@H](C)CC4)n3)n2)=N1. The fourth-order valence-corrected chi connectivity index (χ4v) is 6.93. The molecule has 3 atom stereocenters. The second-order valence-corrected chi connectivity index (χ2v) is 14.7.